The van der Waals surface area contributed by atoms with Gasteiger partial charge < -0.3 is 4.74 Å². The zero-order chi connectivity index (χ0) is 11.6. The van der Waals surface area contributed by atoms with Crippen LogP contribution in [-0.4, -0.2) is 6.10 Å². The summed E-state index contributed by atoms with van der Waals surface area (Å²) in [6.07, 6.45) is -0.434. The molecule has 0 atom stereocenters. The van der Waals surface area contributed by atoms with Gasteiger partial charge in [0.05, 0.1) is 6.10 Å². The van der Waals surface area contributed by atoms with Gasteiger partial charge in [-0.1, -0.05) is 0 Å². The van der Waals surface area contributed by atoms with Crippen LogP contribution in [0, 0.1) is 28.8 Å². The van der Waals surface area contributed by atoms with Crippen LogP contribution < -0.4 is 4.74 Å². The number of ether oxygens (including phenoxy) is 1. The Morgan fingerprint density at radius 3 is 2.33 bits per heavy atom. The van der Waals surface area contributed by atoms with Crippen molar-refractivity contribution in [3.63, 3.8) is 0 Å². The van der Waals surface area contributed by atoms with Crippen LogP contribution in [0.25, 0.3) is 0 Å². The molecule has 2 nitrogen and oxygen atoms in total. The highest BCUT2D eigenvalue weighted by Gasteiger charge is 2.20. The lowest BCUT2D eigenvalue weighted by atomic mass is 10.2. The SMILES string of the molecule is CC(C)Oc1c(C#N)cc(F)c(F)c1F. The smallest absolute Gasteiger partial charge is 0.205 e. The van der Waals surface area contributed by atoms with Gasteiger partial charge >= 0.3 is 0 Å². The van der Waals surface area contributed by atoms with Crippen molar-refractivity contribution in [2.75, 3.05) is 0 Å². The average molecular weight is 215 g/mol. The van der Waals surface area contributed by atoms with Crippen LogP contribution in [0.5, 0.6) is 5.75 Å². The van der Waals surface area contributed by atoms with Gasteiger partial charge in [0.1, 0.15) is 11.6 Å². The van der Waals surface area contributed by atoms with Crippen molar-refractivity contribution in [1.82, 2.24) is 0 Å². The van der Waals surface area contributed by atoms with E-state index in [0.29, 0.717) is 6.07 Å². The standard InChI is InChI=1S/C10H8F3NO/c1-5(2)15-10-6(4-14)3-7(11)8(12)9(10)13/h3,5H,1-2H3. The van der Waals surface area contributed by atoms with Crippen molar-refractivity contribution >= 4 is 0 Å². The molecule has 0 spiro atoms. The minimum atomic E-state index is -1.63. The quantitative estimate of drug-likeness (QED) is 0.710. The number of hydrogen-bond donors (Lipinski definition) is 0. The van der Waals surface area contributed by atoms with Gasteiger partial charge in [-0.2, -0.15) is 9.65 Å². The van der Waals surface area contributed by atoms with E-state index in [4.69, 9.17) is 10.00 Å². The van der Waals surface area contributed by atoms with Crippen LogP contribution in [0.2, 0.25) is 0 Å². The summed E-state index contributed by atoms with van der Waals surface area (Å²) in [5, 5.41) is 8.59. The molecule has 5 heteroatoms. The fourth-order valence-corrected chi connectivity index (χ4v) is 1.01. The Kier molecular flexibility index (Phi) is 3.20. The van der Waals surface area contributed by atoms with Crippen LogP contribution in [0.4, 0.5) is 13.2 Å². The Balaban J connectivity index is 3.35. The van der Waals surface area contributed by atoms with E-state index >= 15 is 0 Å². The normalized spacial score (nSPS) is 10.2. The second-order valence-electron chi connectivity index (χ2n) is 3.14. The molecule has 0 aliphatic heterocycles. The van der Waals surface area contributed by atoms with Gasteiger partial charge in [0, 0.05) is 0 Å². The zero-order valence-corrected chi connectivity index (χ0v) is 8.14. The van der Waals surface area contributed by atoms with E-state index in [1.807, 2.05) is 0 Å². The zero-order valence-electron chi connectivity index (χ0n) is 8.14. The second kappa shape index (κ2) is 4.22. The first-order valence-electron chi connectivity index (χ1n) is 4.21. The Hall–Kier alpha value is -1.70. The monoisotopic (exact) mass is 215 g/mol. The van der Waals surface area contributed by atoms with E-state index in [1.165, 1.54) is 6.07 Å². The molecule has 0 unspecified atom stereocenters. The van der Waals surface area contributed by atoms with E-state index in [9.17, 15) is 13.2 Å². The molecule has 0 saturated heterocycles. The molecule has 0 bridgehead atoms. The van der Waals surface area contributed by atoms with Gasteiger partial charge in [-0.15, -0.1) is 0 Å². The molecule has 0 saturated carbocycles. The van der Waals surface area contributed by atoms with Gasteiger partial charge in [-0.3, -0.25) is 0 Å². The summed E-state index contributed by atoms with van der Waals surface area (Å²) in [6, 6.07) is 2.15. The van der Waals surface area contributed by atoms with Gasteiger partial charge in [0.15, 0.2) is 17.4 Å². The molecule has 0 aliphatic carbocycles. The topological polar surface area (TPSA) is 33.0 Å². The molecule has 1 aromatic rings. The lowest BCUT2D eigenvalue weighted by Gasteiger charge is -2.12. The Morgan fingerprint density at radius 2 is 1.87 bits per heavy atom. The predicted molar refractivity (Wildman–Crippen MR) is 46.8 cm³/mol. The van der Waals surface area contributed by atoms with Gasteiger partial charge in [0.25, 0.3) is 0 Å². The number of benzene rings is 1. The van der Waals surface area contributed by atoms with Crippen molar-refractivity contribution in [3.05, 3.63) is 29.1 Å². The number of rotatable bonds is 2. The highest BCUT2D eigenvalue weighted by molar-refractivity contribution is 5.44. The first-order valence-corrected chi connectivity index (χ1v) is 4.21. The number of nitrogens with zero attached hydrogens (tertiary/aromatic N) is 1. The molecule has 1 rings (SSSR count). The van der Waals surface area contributed by atoms with E-state index in [2.05, 4.69) is 0 Å². The van der Waals surface area contributed by atoms with Gasteiger partial charge in [0.2, 0.25) is 5.82 Å². The van der Waals surface area contributed by atoms with E-state index in [1.54, 1.807) is 13.8 Å². The number of halogens is 3. The molecular formula is C10H8F3NO. The molecule has 15 heavy (non-hydrogen) atoms. The first kappa shape index (κ1) is 11.4. The first-order chi connectivity index (χ1) is 6.97. The fraction of sp³-hybridized carbons (Fsp3) is 0.300. The summed E-state index contributed by atoms with van der Waals surface area (Å²) in [4.78, 5) is 0. The molecular weight excluding hydrogens is 207 g/mol. The molecule has 80 valence electrons. The fourth-order valence-electron chi connectivity index (χ4n) is 1.01. The van der Waals surface area contributed by atoms with E-state index in [-0.39, 0.29) is 5.56 Å². The van der Waals surface area contributed by atoms with E-state index < -0.39 is 29.3 Å². The van der Waals surface area contributed by atoms with Crippen molar-refractivity contribution < 1.29 is 17.9 Å². The van der Waals surface area contributed by atoms with Crippen molar-refractivity contribution in [3.8, 4) is 11.8 Å². The molecule has 0 heterocycles. The predicted octanol–water partition coefficient (Wildman–Crippen LogP) is 2.76. The van der Waals surface area contributed by atoms with Crippen LogP contribution in [-0.2, 0) is 0 Å². The third-order valence-electron chi connectivity index (χ3n) is 1.59. The summed E-state index contributed by atoms with van der Waals surface area (Å²) in [5.74, 6) is -5.06. The molecule has 0 fully saturated rings. The van der Waals surface area contributed by atoms with Crippen molar-refractivity contribution in [2.45, 2.75) is 20.0 Å². The summed E-state index contributed by atoms with van der Waals surface area (Å²) in [5.41, 5.74) is -0.361. The van der Waals surface area contributed by atoms with Crippen LogP contribution >= 0.6 is 0 Å². The third-order valence-corrected chi connectivity index (χ3v) is 1.59. The lowest BCUT2D eigenvalue weighted by molar-refractivity contribution is 0.225. The van der Waals surface area contributed by atoms with Crippen LogP contribution in [0.1, 0.15) is 19.4 Å². The third kappa shape index (κ3) is 2.21. The summed E-state index contributed by atoms with van der Waals surface area (Å²) in [6.45, 7) is 3.17. The van der Waals surface area contributed by atoms with Gasteiger partial charge in [-0.05, 0) is 19.9 Å². The lowest BCUT2D eigenvalue weighted by Crippen LogP contribution is -2.10. The number of nitriles is 1. The highest BCUT2D eigenvalue weighted by atomic mass is 19.2. The maximum atomic E-state index is 13.2. The Labute approximate surface area is 84.9 Å². The molecule has 1 aromatic carbocycles. The summed E-state index contributed by atoms with van der Waals surface area (Å²) >= 11 is 0. The molecule has 0 aliphatic rings. The van der Waals surface area contributed by atoms with Crippen molar-refractivity contribution in [1.29, 1.82) is 5.26 Å². The largest absolute Gasteiger partial charge is 0.486 e. The molecule has 0 amide bonds. The molecule has 0 radical (unpaired) electrons. The van der Waals surface area contributed by atoms with Crippen LogP contribution in [0.3, 0.4) is 0 Å². The minimum Gasteiger partial charge on any atom is -0.486 e. The maximum Gasteiger partial charge on any atom is 0.205 e. The van der Waals surface area contributed by atoms with Gasteiger partial charge in [-0.25, -0.2) is 8.78 Å². The summed E-state index contributed by atoms with van der Waals surface area (Å²) < 4.78 is 43.6. The van der Waals surface area contributed by atoms with Crippen molar-refractivity contribution in [2.24, 2.45) is 0 Å². The number of hydrogen-bond acceptors (Lipinski definition) is 2. The Morgan fingerprint density at radius 1 is 1.27 bits per heavy atom. The average Bonchev–Trinajstić information content (AvgIpc) is 2.18. The Bertz CT molecular complexity index is 424. The highest BCUT2D eigenvalue weighted by Crippen LogP contribution is 2.27. The summed E-state index contributed by atoms with van der Waals surface area (Å²) in [7, 11) is 0. The van der Waals surface area contributed by atoms with Crippen LogP contribution in [0.15, 0.2) is 6.07 Å². The van der Waals surface area contributed by atoms with E-state index in [0.717, 1.165) is 0 Å². The minimum absolute atomic E-state index is 0.361. The molecule has 0 N–H and O–H groups in total. The maximum absolute atomic E-state index is 13.2. The second-order valence-corrected chi connectivity index (χ2v) is 3.14. The molecule has 0 aromatic heterocycles.